The highest BCUT2D eigenvalue weighted by Crippen LogP contribution is 2.24. The van der Waals surface area contributed by atoms with Crippen molar-refractivity contribution in [2.45, 2.75) is 13.3 Å². The van der Waals surface area contributed by atoms with Crippen LogP contribution in [0.15, 0.2) is 57.7 Å². The fourth-order valence-corrected chi connectivity index (χ4v) is 2.51. The fraction of sp³-hybridized carbons (Fsp3) is 0.167. The van der Waals surface area contributed by atoms with Gasteiger partial charge in [-0.2, -0.15) is 0 Å². The van der Waals surface area contributed by atoms with Gasteiger partial charge in [0.1, 0.15) is 11.3 Å². The molecule has 0 N–H and O–H groups in total. The van der Waals surface area contributed by atoms with E-state index in [1.165, 1.54) is 0 Å². The number of ether oxygens (including phenoxy) is 1. The van der Waals surface area contributed by atoms with Crippen molar-refractivity contribution in [1.82, 2.24) is 0 Å². The standard InChI is InChI=1S/C18H16O3/c1-12-15-9-8-14(20-2)11-17(15)21-18(19)16(12)10-13-6-4-3-5-7-13/h3-9,11H,10H2,1-2H3. The predicted molar refractivity (Wildman–Crippen MR) is 83.0 cm³/mol. The Bertz CT molecular complexity index is 832. The topological polar surface area (TPSA) is 39.4 Å². The minimum Gasteiger partial charge on any atom is -0.497 e. The largest absolute Gasteiger partial charge is 0.497 e. The number of aryl methyl sites for hydroxylation is 1. The number of rotatable bonds is 3. The van der Waals surface area contributed by atoms with Gasteiger partial charge in [0.25, 0.3) is 0 Å². The van der Waals surface area contributed by atoms with Crippen molar-refractivity contribution in [2.24, 2.45) is 0 Å². The van der Waals surface area contributed by atoms with Crippen LogP contribution in [0.3, 0.4) is 0 Å². The first-order valence-electron chi connectivity index (χ1n) is 6.83. The highest BCUT2D eigenvalue weighted by Gasteiger charge is 2.12. The van der Waals surface area contributed by atoms with Gasteiger partial charge >= 0.3 is 5.63 Å². The lowest BCUT2D eigenvalue weighted by Gasteiger charge is -2.09. The van der Waals surface area contributed by atoms with E-state index < -0.39 is 0 Å². The summed E-state index contributed by atoms with van der Waals surface area (Å²) in [5.41, 5.74) is 3.05. The van der Waals surface area contributed by atoms with Crippen LogP contribution in [0.2, 0.25) is 0 Å². The highest BCUT2D eigenvalue weighted by atomic mass is 16.5. The van der Waals surface area contributed by atoms with Crippen LogP contribution in [0.25, 0.3) is 11.0 Å². The van der Waals surface area contributed by atoms with Crippen LogP contribution in [0, 0.1) is 6.92 Å². The molecule has 0 aliphatic rings. The number of methoxy groups -OCH3 is 1. The van der Waals surface area contributed by atoms with Crippen LogP contribution >= 0.6 is 0 Å². The third-order valence-corrected chi connectivity index (χ3v) is 3.72. The van der Waals surface area contributed by atoms with Crippen LogP contribution in [0.5, 0.6) is 5.75 Å². The Labute approximate surface area is 122 Å². The van der Waals surface area contributed by atoms with Crippen molar-refractivity contribution in [1.29, 1.82) is 0 Å². The molecular formula is C18H16O3. The van der Waals surface area contributed by atoms with E-state index in [4.69, 9.17) is 9.15 Å². The van der Waals surface area contributed by atoms with Gasteiger partial charge in [-0.3, -0.25) is 0 Å². The normalized spacial score (nSPS) is 10.8. The molecule has 1 heterocycles. The van der Waals surface area contributed by atoms with Gasteiger partial charge in [0.15, 0.2) is 0 Å². The second-order valence-electron chi connectivity index (χ2n) is 5.02. The molecule has 106 valence electrons. The molecule has 3 nitrogen and oxygen atoms in total. The number of hydrogen-bond acceptors (Lipinski definition) is 3. The Morgan fingerprint density at radius 3 is 2.57 bits per heavy atom. The zero-order valence-corrected chi connectivity index (χ0v) is 12.1. The van der Waals surface area contributed by atoms with Crippen molar-refractivity contribution in [3.63, 3.8) is 0 Å². The van der Waals surface area contributed by atoms with Crippen molar-refractivity contribution >= 4 is 11.0 Å². The molecule has 0 bridgehead atoms. The second kappa shape index (κ2) is 5.44. The van der Waals surface area contributed by atoms with Gasteiger partial charge in [-0.25, -0.2) is 4.79 Å². The number of benzene rings is 2. The van der Waals surface area contributed by atoms with Crippen LogP contribution in [0.4, 0.5) is 0 Å². The third-order valence-electron chi connectivity index (χ3n) is 3.72. The van der Waals surface area contributed by atoms with E-state index in [0.717, 1.165) is 16.5 Å². The van der Waals surface area contributed by atoms with E-state index in [9.17, 15) is 4.79 Å². The van der Waals surface area contributed by atoms with Gasteiger partial charge in [-0.1, -0.05) is 30.3 Å². The van der Waals surface area contributed by atoms with Crippen LogP contribution in [-0.2, 0) is 6.42 Å². The predicted octanol–water partition coefficient (Wildman–Crippen LogP) is 3.70. The Morgan fingerprint density at radius 1 is 1.10 bits per heavy atom. The van der Waals surface area contributed by atoms with Gasteiger partial charge in [0, 0.05) is 23.4 Å². The molecule has 3 aromatic rings. The summed E-state index contributed by atoms with van der Waals surface area (Å²) in [6.45, 7) is 1.96. The molecule has 0 unspecified atom stereocenters. The zero-order chi connectivity index (χ0) is 14.8. The molecule has 0 radical (unpaired) electrons. The molecule has 0 aliphatic heterocycles. The van der Waals surface area contributed by atoms with E-state index >= 15 is 0 Å². The Hall–Kier alpha value is -2.55. The van der Waals surface area contributed by atoms with Gasteiger partial charge < -0.3 is 9.15 Å². The molecule has 0 saturated carbocycles. The summed E-state index contributed by atoms with van der Waals surface area (Å²) in [5, 5.41) is 0.946. The smallest absolute Gasteiger partial charge is 0.340 e. The molecule has 3 heteroatoms. The Balaban J connectivity index is 2.14. The minimum absolute atomic E-state index is 0.280. The molecule has 2 aromatic carbocycles. The van der Waals surface area contributed by atoms with E-state index in [-0.39, 0.29) is 5.63 Å². The van der Waals surface area contributed by atoms with Crippen molar-refractivity contribution in [3.05, 3.63) is 75.6 Å². The molecule has 0 aliphatic carbocycles. The van der Waals surface area contributed by atoms with Gasteiger partial charge in [0.2, 0.25) is 0 Å². The average Bonchev–Trinajstić information content (AvgIpc) is 2.52. The van der Waals surface area contributed by atoms with E-state index in [0.29, 0.717) is 23.3 Å². The van der Waals surface area contributed by atoms with Gasteiger partial charge in [-0.15, -0.1) is 0 Å². The van der Waals surface area contributed by atoms with E-state index in [1.807, 2.05) is 49.4 Å². The highest BCUT2D eigenvalue weighted by molar-refractivity contribution is 5.82. The molecule has 0 spiro atoms. The maximum atomic E-state index is 12.3. The molecular weight excluding hydrogens is 264 g/mol. The quantitative estimate of drug-likeness (QED) is 0.687. The second-order valence-corrected chi connectivity index (χ2v) is 5.02. The van der Waals surface area contributed by atoms with Crippen LogP contribution in [0.1, 0.15) is 16.7 Å². The molecule has 0 saturated heterocycles. The van der Waals surface area contributed by atoms with Crippen molar-refractivity contribution < 1.29 is 9.15 Å². The lowest BCUT2D eigenvalue weighted by Crippen LogP contribution is -2.10. The van der Waals surface area contributed by atoms with Gasteiger partial charge in [-0.05, 0) is 30.2 Å². The first-order valence-corrected chi connectivity index (χ1v) is 6.83. The number of hydrogen-bond donors (Lipinski definition) is 0. The summed E-state index contributed by atoms with van der Waals surface area (Å²) in [7, 11) is 1.59. The Morgan fingerprint density at radius 2 is 1.86 bits per heavy atom. The molecule has 0 atom stereocenters. The monoisotopic (exact) mass is 280 g/mol. The van der Waals surface area contributed by atoms with Crippen molar-refractivity contribution in [2.75, 3.05) is 7.11 Å². The van der Waals surface area contributed by atoms with Crippen LogP contribution in [-0.4, -0.2) is 7.11 Å². The SMILES string of the molecule is COc1ccc2c(C)c(Cc3ccccc3)c(=O)oc2c1. The summed E-state index contributed by atoms with van der Waals surface area (Å²) >= 11 is 0. The summed E-state index contributed by atoms with van der Waals surface area (Å²) in [4.78, 5) is 12.3. The maximum absolute atomic E-state index is 12.3. The van der Waals surface area contributed by atoms with Crippen LogP contribution < -0.4 is 10.4 Å². The van der Waals surface area contributed by atoms with E-state index in [1.54, 1.807) is 13.2 Å². The summed E-state index contributed by atoms with van der Waals surface area (Å²) in [5.74, 6) is 0.681. The third kappa shape index (κ3) is 2.55. The lowest BCUT2D eigenvalue weighted by atomic mass is 10.00. The van der Waals surface area contributed by atoms with Gasteiger partial charge in [0.05, 0.1) is 7.11 Å². The average molecular weight is 280 g/mol. The summed E-state index contributed by atoms with van der Waals surface area (Å²) in [6, 6.07) is 15.5. The molecule has 3 rings (SSSR count). The first-order chi connectivity index (χ1) is 10.2. The fourth-order valence-electron chi connectivity index (χ4n) is 2.51. The first kappa shape index (κ1) is 13.4. The molecule has 0 amide bonds. The molecule has 0 fully saturated rings. The minimum atomic E-state index is -0.280. The lowest BCUT2D eigenvalue weighted by molar-refractivity contribution is 0.414. The maximum Gasteiger partial charge on any atom is 0.340 e. The van der Waals surface area contributed by atoms with Crippen molar-refractivity contribution in [3.8, 4) is 5.75 Å². The Kier molecular flexibility index (Phi) is 3.48. The van der Waals surface area contributed by atoms with E-state index in [2.05, 4.69) is 0 Å². The molecule has 1 aromatic heterocycles. The summed E-state index contributed by atoms with van der Waals surface area (Å²) < 4.78 is 10.6. The number of fused-ring (bicyclic) bond motifs is 1. The molecule has 21 heavy (non-hydrogen) atoms. The zero-order valence-electron chi connectivity index (χ0n) is 12.1. The summed E-state index contributed by atoms with van der Waals surface area (Å²) in [6.07, 6.45) is 0.580.